The van der Waals surface area contributed by atoms with Crippen molar-refractivity contribution in [2.45, 2.75) is 43.9 Å². The van der Waals surface area contributed by atoms with Gasteiger partial charge in [0.2, 0.25) is 11.8 Å². The Kier molecular flexibility index (Phi) is 7.53. The number of anilines is 2. The smallest absolute Gasteiger partial charge is 0.307 e. The third-order valence-corrected chi connectivity index (χ3v) is 8.21. The third-order valence-electron chi connectivity index (χ3n) is 6.05. The predicted octanol–water partition coefficient (Wildman–Crippen LogP) is 5.47. The van der Waals surface area contributed by atoms with E-state index in [0.29, 0.717) is 18.5 Å². The van der Waals surface area contributed by atoms with E-state index in [9.17, 15) is 19.5 Å². The number of carboxylic acids is 1. The summed E-state index contributed by atoms with van der Waals surface area (Å²) in [5, 5.41) is 15.3. The highest BCUT2D eigenvalue weighted by atomic mass is 32.2. The molecule has 2 aromatic carbocycles. The first-order valence-electron chi connectivity index (χ1n) is 11.2. The second-order valence-corrected chi connectivity index (χ2v) is 10.9. The zero-order valence-electron chi connectivity index (χ0n) is 19.1. The number of amides is 2. The fourth-order valence-electron chi connectivity index (χ4n) is 4.20. The van der Waals surface area contributed by atoms with Crippen LogP contribution in [0.1, 0.15) is 36.8 Å². The lowest BCUT2D eigenvalue weighted by Gasteiger charge is -2.27. The van der Waals surface area contributed by atoms with Gasteiger partial charge in [-0.05, 0) is 62.1 Å². The molecule has 0 bridgehead atoms. The first-order valence-corrected chi connectivity index (χ1v) is 13.0. The van der Waals surface area contributed by atoms with Gasteiger partial charge >= 0.3 is 5.97 Å². The summed E-state index contributed by atoms with van der Waals surface area (Å²) in [6.45, 7) is 3.95. The number of aliphatic carboxylic acids is 1. The highest BCUT2D eigenvalue weighted by Crippen LogP contribution is 2.34. The zero-order chi connectivity index (χ0) is 24.2. The number of thioether (sulfide) groups is 1. The van der Waals surface area contributed by atoms with E-state index in [2.05, 4.69) is 15.6 Å². The van der Waals surface area contributed by atoms with Crippen LogP contribution < -0.4 is 10.6 Å². The molecular weight excluding hydrogens is 470 g/mol. The van der Waals surface area contributed by atoms with Crippen LogP contribution in [0, 0.1) is 25.7 Å². The first kappa shape index (κ1) is 24.2. The number of carbonyl (C=O) groups excluding carboxylic acids is 2. The standard InChI is InChI=1S/C25H27N3O4S2/c1-14-7-8-15(2)20(11-14)27-22(29)13-33-25-28-19-10-9-16(12-21(19)34-25)26-23(30)17-5-3-4-6-18(17)24(31)32/h7-12,17-18H,3-6,13H2,1-2H3,(H,26,30)(H,27,29)(H,31,32)/t17-,18-/m0/s1. The number of aryl methyl sites for hydroxylation is 2. The van der Waals surface area contributed by atoms with Crippen molar-refractivity contribution in [3.8, 4) is 0 Å². The molecule has 4 rings (SSSR count). The molecule has 178 valence electrons. The van der Waals surface area contributed by atoms with Crippen molar-refractivity contribution in [2.24, 2.45) is 11.8 Å². The van der Waals surface area contributed by atoms with Gasteiger partial charge in [-0.1, -0.05) is 36.7 Å². The van der Waals surface area contributed by atoms with Crippen LogP contribution in [0.15, 0.2) is 40.7 Å². The van der Waals surface area contributed by atoms with Crippen molar-refractivity contribution >= 4 is 62.5 Å². The Morgan fingerprint density at radius 2 is 1.82 bits per heavy atom. The van der Waals surface area contributed by atoms with Gasteiger partial charge in [0, 0.05) is 11.4 Å². The second-order valence-electron chi connectivity index (χ2n) is 8.64. The number of thiazole rings is 1. The van der Waals surface area contributed by atoms with Gasteiger partial charge in [0.05, 0.1) is 27.8 Å². The Balaban J connectivity index is 1.38. The molecule has 34 heavy (non-hydrogen) atoms. The zero-order valence-corrected chi connectivity index (χ0v) is 20.7. The van der Waals surface area contributed by atoms with E-state index in [1.54, 1.807) is 6.07 Å². The first-order chi connectivity index (χ1) is 16.3. The number of hydrogen-bond acceptors (Lipinski definition) is 6. The summed E-state index contributed by atoms with van der Waals surface area (Å²) in [6.07, 6.45) is 2.85. The SMILES string of the molecule is Cc1ccc(C)c(NC(=O)CSc2nc3ccc(NC(=O)[C@H]4CCCC[C@@H]4C(=O)O)cc3s2)c1. The number of nitrogens with zero attached hydrogens (tertiary/aromatic N) is 1. The maximum Gasteiger partial charge on any atom is 0.307 e. The van der Waals surface area contributed by atoms with Gasteiger partial charge < -0.3 is 15.7 Å². The third kappa shape index (κ3) is 5.77. The molecule has 1 aliphatic carbocycles. The minimum Gasteiger partial charge on any atom is -0.481 e. The van der Waals surface area contributed by atoms with Crippen molar-refractivity contribution in [1.82, 2.24) is 4.98 Å². The number of carbonyl (C=O) groups is 3. The number of benzene rings is 2. The predicted molar refractivity (Wildman–Crippen MR) is 137 cm³/mol. The van der Waals surface area contributed by atoms with Gasteiger partial charge in [0.25, 0.3) is 0 Å². The topological polar surface area (TPSA) is 108 Å². The van der Waals surface area contributed by atoms with Gasteiger partial charge in [-0.15, -0.1) is 11.3 Å². The molecule has 1 saturated carbocycles. The van der Waals surface area contributed by atoms with Gasteiger partial charge in [-0.25, -0.2) is 4.98 Å². The van der Waals surface area contributed by atoms with Gasteiger partial charge in [-0.3, -0.25) is 14.4 Å². The minimum absolute atomic E-state index is 0.0913. The van der Waals surface area contributed by atoms with Gasteiger partial charge in [0.1, 0.15) is 0 Å². The Labute approximate surface area is 206 Å². The normalized spacial score (nSPS) is 17.9. The number of aromatic nitrogens is 1. The molecular formula is C25H27N3O4S2. The molecule has 0 aliphatic heterocycles. The van der Waals surface area contributed by atoms with Crippen molar-refractivity contribution < 1.29 is 19.5 Å². The molecule has 0 radical (unpaired) electrons. The molecule has 1 fully saturated rings. The van der Waals surface area contributed by atoms with E-state index in [0.717, 1.165) is 44.2 Å². The minimum atomic E-state index is -0.902. The Hall–Kier alpha value is -2.91. The molecule has 0 unspecified atom stereocenters. The summed E-state index contributed by atoms with van der Waals surface area (Å²) in [7, 11) is 0. The average molecular weight is 498 g/mol. The summed E-state index contributed by atoms with van der Waals surface area (Å²) in [6, 6.07) is 11.4. The Bertz CT molecular complexity index is 1240. The molecule has 9 heteroatoms. The van der Waals surface area contributed by atoms with E-state index in [-0.39, 0.29) is 17.6 Å². The fraction of sp³-hybridized carbons (Fsp3) is 0.360. The van der Waals surface area contributed by atoms with E-state index < -0.39 is 17.8 Å². The number of hydrogen-bond donors (Lipinski definition) is 3. The maximum atomic E-state index is 12.8. The van der Waals surface area contributed by atoms with Gasteiger partial charge in [-0.2, -0.15) is 0 Å². The van der Waals surface area contributed by atoms with E-state index in [4.69, 9.17) is 0 Å². The fourth-order valence-corrected chi connectivity index (χ4v) is 6.11. The van der Waals surface area contributed by atoms with Crippen LogP contribution in [0.5, 0.6) is 0 Å². The molecule has 7 nitrogen and oxygen atoms in total. The molecule has 0 saturated heterocycles. The van der Waals surface area contributed by atoms with Crippen LogP contribution in [0.2, 0.25) is 0 Å². The quantitative estimate of drug-likeness (QED) is 0.373. The van der Waals surface area contributed by atoms with Crippen LogP contribution in [0.25, 0.3) is 10.2 Å². The second kappa shape index (κ2) is 10.6. The van der Waals surface area contributed by atoms with Crippen molar-refractivity contribution in [2.75, 3.05) is 16.4 Å². The number of nitrogens with one attached hydrogen (secondary N) is 2. The molecule has 1 aliphatic rings. The highest BCUT2D eigenvalue weighted by molar-refractivity contribution is 8.01. The van der Waals surface area contributed by atoms with E-state index >= 15 is 0 Å². The largest absolute Gasteiger partial charge is 0.481 e. The highest BCUT2D eigenvalue weighted by Gasteiger charge is 2.35. The summed E-state index contributed by atoms with van der Waals surface area (Å²) in [4.78, 5) is 41.3. The lowest BCUT2D eigenvalue weighted by Crippen LogP contribution is -2.36. The molecule has 2 amide bonds. The summed E-state index contributed by atoms with van der Waals surface area (Å²) in [5.41, 5.74) is 4.34. The number of fused-ring (bicyclic) bond motifs is 1. The van der Waals surface area contributed by atoms with Crippen LogP contribution in [0.3, 0.4) is 0 Å². The van der Waals surface area contributed by atoms with E-state index in [1.165, 1.54) is 23.1 Å². The number of carboxylic acid groups (broad SMARTS) is 1. The Morgan fingerprint density at radius 3 is 2.59 bits per heavy atom. The average Bonchev–Trinajstić information content (AvgIpc) is 3.22. The molecule has 1 heterocycles. The molecule has 3 N–H and O–H groups in total. The van der Waals surface area contributed by atoms with Gasteiger partial charge in [0.15, 0.2) is 4.34 Å². The Morgan fingerprint density at radius 1 is 1.06 bits per heavy atom. The van der Waals surface area contributed by atoms with Crippen LogP contribution in [-0.2, 0) is 14.4 Å². The van der Waals surface area contributed by atoms with Crippen molar-refractivity contribution in [3.05, 3.63) is 47.5 Å². The van der Waals surface area contributed by atoms with E-state index in [1.807, 2.05) is 44.2 Å². The van der Waals surface area contributed by atoms with Crippen LogP contribution in [0.4, 0.5) is 11.4 Å². The van der Waals surface area contributed by atoms with Crippen molar-refractivity contribution in [3.63, 3.8) is 0 Å². The lowest BCUT2D eigenvalue weighted by atomic mass is 9.78. The molecule has 1 aromatic heterocycles. The summed E-state index contributed by atoms with van der Waals surface area (Å²) in [5.74, 6) is -2.13. The summed E-state index contributed by atoms with van der Waals surface area (Å²) < 4.78 is 1.67. The van der Waals surface area contributed by atoms with Crippen LogP contribution in [-0.4, -0.2) is 33.6 Å². The molecule has 2 atom stereocenters. The lowest BCUT2D eigenvalue weighted by molar-refractivity contribution is -0.147. The molecule has 0 spiro atoms. The summed E-state index contributed by atoms with van der Waals surface area (Å²) >= 11 is 2.83. The number of rotatable bonds is 7. The van der Waals surface area contributed by atoms with Crippen LogP contribution >= 0.6 is 23.1 Å². The molecule has 3 aromatic rings. The monoisotopic (exact) mass is 497 g/mol. The van der Waals surface area contributed by atoms with Crippen molar-refractivity contribution in [1.29, 1.82) is 0 Å². The maximum absolute atomic E-state index is 12.8.